The molecule has 0 aromatic heterocycles. The Bertz CT molecular complexity index is 1040. The van der Waals surface area contributed by atoms with Crippen molar-refractivity contribution < 1.29 is 24.2 Å². The van der Waals surface area contributed by atoms with Crippen LogP contribution in [0.5, 0.6) is 5.75 Å². The van der Waals surface area contributed by atoms with Crippen LogP contribution in [-0.2, 0) is 16.1 Å². The molecule has 6 heteroatoms. The molecule has 1 aliphatic carbocycles. The summed E-state index contributed by atoms with van der Waals surface area (Å²) in [7, 11) is 0. The highest BCUT2D eigenvalue weighted by Crippen LogP contribution is 2.39. The summed E-state index contributed by atoms with van der Waals surface area (Å²) in [5.41, 5.74) is 0.484. The second kappa shape index (κ2) is 10.5. The molecule has 1 N–H and O–H groups in total. The van der Waals surface area contributed by atoms with Gasteiger partial charge in [-0.2, -0.15) is 0 Å². The van der Waals surface area contributed by atoms with E-state index in [-0.39, 0.29) is 12.6 Å². The number of nitrogens with zero attached hydrogens (tertiary/aromatic N) is 1. The van der Waals surface area contributed by atoms with Crippen LogP contribution in [0.4, 0.5) is 4.79 Å². The number of benzene rings is 2. The Morgan fingerprint density at radius 2 is 1.57 bits per heavy atom. The van der Waals surface area contributed by atoms with Gasteiger partial charge in [0.1, 0.15) is 17.4 Å². The van der Waals surface area contributed by atoms with Crippen molar-refractivity contribution in [3.05, 3.63) is 42.0 Å². The number of amides is 1. The second-order valence-electron chi connectivity index (χ2n) is 11.9. The first kappa shape index (κ1) is 26.8. The molecule has 1 amide bonds. The normalized spacial score (nSPS) is 19.7. The highest BCUT2D eigenvalue weighted by Gasteiger charge is 2.31. The first-order valence-corrected chi connectivity index (χ1v) is 12.6. The molecular weight excluding hydrogens is 442 g/mol. The predicted molar refractivity (Wildman–Crippen MR) is 139 cm³/mol. The van der Waals surface area contributed by atoms with Crippen molar-refractivity contribution in [2.45, 2.75) is 98.4 Å². The van der Waals surface area contributed by atoms with Crippen LogP contribution in [0, 0.1) is 11.3 Å². The van der Waals surface area contributed by atoms with E-state index < -0.39 is 23.7 Å². The lowest BCUT2D eigenvalue weighted by Gasteiger charge is -2.37. The molecule has 192 valence electrons. The van der Waals surface area contributed by atoms with Crippen molar-refractivity contribution in [1.29, 1.82) is 0 Å². The number of hydrogen-bond donors (Lipinski definition) is 1. The topological polar surface area (TPSA) is 76.1 Å². The number of carbonyl (C=O) groups excluding carboxylic acids is 1. The average Bonchev–Trinajstić information content (AvgIpc) is 2.75. The molecule has 6 nitrogen and oxygen atoms in total. The molecule has 0 radical (unpaired) electrons. The van der Waals surface area contributed by atoms with Crippen molar-refractivity contribution >= 4 is 22.8 Å². The average molecular weight is 484 g/mol. The molecule has 0 saturated heterocycles. The van der Waals surface area contributed by atoms with E-state index in [0.29, 0.717) is 5.41 Å². The smallest absolute Gasteiger partial charge is 0.411 e. The van der Waals surface area contributed by atoms with Gasteiger partial charge >= 0.3 is 12.1 Å². The highest BCUT2D eigenvalue weighted by atomic mass is 16.6. The van der Waals surface area contributed by atoms with Crippen LogP contribution in [-0.4, -0.2) is 39.8 Å². The minimum atomic E-state index is -1.07. The van der Waals surface area contributed by atoms with E-state index >= 15 is 0 Å². The van der Waals surface area contributed by atoms with Crippen molar-refractivity contribution in [2.24, 2.45) is 11.3 Å². The van der Waals surface area contributed by atoms with Gasteiger partial charge in [0.25, 0.3) is 0 Å². The number of hydrogen-bond acceptors (Lipinski definition) is 4. The van der Waals surface area contributed by atoms with Crippen molar-refractivity contribution in [1.82, 2.24) is 4.90 Å². The first-order valence-electron chi connectivity index (χ1n) is 12.6. The quantitative estimate of drug-likeness (QED) is 0.477. The maximum Gasteiger partial charge on any atom is 0.411 e. The van der Waals surface area contributed by atoms with E-state index in [9.17, 15) is 14.7 Å². The fraction of sp³-hybridized carbons (Fsp3) is 0.586. The number of fused-ring (bicyclic) bond motifs is 1. The van der Waals surface area contributed by atoms with Crippen LogP contribution in [0.25, 0.3) is 10.8 Å². The summed E-state index contributed by atoms with van der Waals surface area (Å²) in [6, 6.07) is 11.0. The molecule has 1 aliphatic rings. The van der Waals surface area contributed by atoms with Gasteiger partial charge in [0.05, 0.1) is 6.10 Å². The Morgan fingerprint density at radius 3 is 2.14 bits per heavy atom. The molecule has 0 bridgehead atoms. The van der Waals surface area contributed by atoms with Crippen LogP contribution in [0.1, 0.15) is 79.7 Å². The van der Waals surface area contributed by atoms with E-state index in [2.05, 4.69) is 26.8 Å². The van der Waals surface area contributed by atoms with Crippen molar-refractivity contribution in [3.8, 4) is 5.75 Å². The number of rotatable bonds is 6. The van der Waals surface area contributed by atoms with Gasteiger partial charge in [-0.1, -0.05) is 39.0 Å². The van der Waals surface area contributed by atoms with Gasteiger partial charge in [0.2, 0.25) is 0 Å². The van der Waals surface area contributed by atoms with Crippen LogP contribution in [0.3, 0.4) is 0 Å². The second-order valence-corrected chi connectivity index (χ2v) is 11.9. The maximum atomic E-state index is 12.7. The lowest BCUT2D eigenvalue weighted by Crippen LogP contribution is -2.45. The van der Waals surface area contributed by atoms with E-state index in [1.807, 2.05) is 30.3 Å². The summed E-state index contributed by atoms with van der Waals surface area (Å²) in [6.45, 7) is 13.9. The monoisotopic (exact) mass is 483 g/mol. The molecule has 2 aromatic rings. The summed E-state index contributed by atoms with van der Waals surface area (Å²) in [4.78, 5) is 25.6. The number of carbonyl (C=O) groups is 2. The number of carboxylic acids is 1. The van der Waals surface area contributed by atoms with Gasteiger partial charge in [-0.3, -0.25) is 4.90 Å². The first-order chi connectivity index (χ1) is 16.2. The van der Waals surface area contributed by atoms with Crippen molar-refractivity contribution in [3.63, 3.8) is 0 Å². The highest BCUT2D eigenvalue weighted by molar-refractivity contribution is 5.85. The zero-order valence-corrected chi connectivity index (χ0v) is 22.3. The third-order valence-corrected chi connectivity index (χ3v) is 6.88. The summed E-state index contributed by atoms with van der Waals surface area (Å²) in [5, 5.41) is 11.6. The Hall–Kier alpha value is -2.76. The molecule has 1 atom stereocenters. The van der Waals surface area contributed by atoms with Crippen LogP contribution in [0.15, 0.2) is 36.4 Å². The summed E-state index contributed by atoms with van der Waals surface area (Å²) in [6.07, 6.45) is 4.19. The van der Waals surface area contributed by atoms with Gasteiger partial charge in [-0.25, -0.2) is 9.59 Å². The Balaban J connectivity index is 1.71. The molecule has 1 saturated carbocycles. The van der Waals surface area contributed by atoms with Gasteiger partial charge in [0.15, 0.2) is 0 Å². The Kier molecular flexibility index (Phi) is 8.03. The van der Waals surface area contributed by atoms with Gasteiger partial charge in [-0.05, 0) is 99.2 Å². The van der Waals surface area contributed by atoms with Crippen LogP contribution >= 0.6 is 0 Å². The summed E-state index contributed by atoms with van der Waals surface area (Å²) < 4.78 is 11.8. The number of carboxylic acid groups (broad SMARTS) is 1. The van der Waals surface area contributed by atoms with Gasteiger partial charge in [-0.15, -0.1) is 0 Å². The van der Waals surface area contributed by atoms with Crippen molar-refractivity contribution in [2.75, 3.05) is 0 Å². The largest absolute Gasteiger partial charge is 0.490 e. The summed E-state index contributed by atoms with van der Waals surface area (Å²) >= 11 is 0. The third kappa shape index (κ3) is 7.36. The molecule has 2 aromatic carbocycles. The predicted octanol–water partition coefficient (Wildman–Crippen LogP) is 7.03. The molecule has 1 fully saturated rings. The SMILES string of the molecule is CC(C(=O)O)N(Cc1ccc2cc(OC3CCC(C(C)(C)C)CC3)ccc2c1)C(=O)OC(C)(C)C. The minimum absolute atomic E-state index is 0.146. The molecule has 3 rings (SSSR count). The molecule has 1 unspecified atom stereocenters. The van der Waals surface area contributed by atoms with Gasteiger partial charge in [0, 0.05) is 6.54 Å². The molecule has 0 aliphatic heterocycles. The molecule has 0 heterocycles. The maximum absolute atomic E-state index is 12.7. The molecular formula is C29H41NO5. The van der Waals surface area contributed by atoms with E-state index in [1.165, 1.54) is 24.7 Å². The van der Waals surface area contributed by atoms with E-state index in [4.69, 9.17) is 9.47 Å². The van der Waals surface area contributed by atoms with Gasteiger partial charge < -0.3 is 14.6 Å². The Labute approximate surface area is 209 Å². The van der Waals surface area contributed by atoms with Crippen LogP contribution < -0.4 is 4.74 Å². The zero-order valence-electron chi connectivity index (χ0n) is 22.3. The minimum Gasteiger partial charge on any atom is -0.490 e. The number of ether oxygens (including phenoxy) is 2. The van der Waals surface area contributed by atoms with E-state index in [1.54, 1.807) is 20.8 Å². The lowest BCUT2D eigenvalue weighted by atomic mass is 9.72. The lowest BCUT2D eigenvalue weighted by molar-refractivity contribution is -0.142. The van der Waals surface area contributed by atoms with E-state index in [0.717, 1.165) is 40.8 Å². The standard InChI is InChI=1S/C29H41NO5/c1-19(26(31)32)30(27(33)35-29(5,6)7)18-20-8-9-22-17-25(13-10-21(22)16-20)34-24-14-11-23(12-15-24)28(2,3)4/h8-10,13,16-17,19,23-24H,11-12,14-15,18H2,1-7H3,(H,31,32). The summed E-state index contributed by atoms with van der Waals surface area (Å²) in [5.74, 6) is 0.552. The fourth-order valence-corrected chi connectivity index (χ4v) is 4.69. The third-order valence-electron chi connectivity index (χ3n) is 6.88. The zero-order chi connectivity index (χ0) is 26.0. The fourth-order valence-electron chi connectivity index (χ4n) is 4.69. The molecule has 35 heavy (non-hydrogen) atoms. The molecule has 0 spiro atoms. The Morgan fingerprint density at radius 1 is 0.971 bits per heavy atom. The number of aliphatic carboxylic acids is 1. The van der Waals surface area contributed by atoms with Crippen LogP contribution in [0.2, 0.25) is 0 Å².